The van der Waals surface area contributed by atoms with Crippen LogP contribution in [0.25, 0.3) is 10.8 Å². The number of benzene rings is 4. The van der Waals surface area contributed by atoms with Crippen LogP contribution in [0.4, 0.5) is 22.7 Å². The van der Waals surface area contributed by atoms with Crippen molar-refractivity contribution >= 4 is 44.2 Å². The van der Waals surface area contributed by atoms with Crippen LogP contribution in [0, 0.1) is 0 Å². The van der Waals surface area contributed by atoms with Gasteiger partial charge in [0.1, 0.15) is 11.4 Å². The summed E-state index contributed by atoms with van der Waals surface area (Å²) in [6, 6.07) is 24.1. The predicted molar refractivity (Wildman–Crippen MR) is 116 cm³/mol. The molecule has 0 amide bonds. The Balaban J connectivity index is 0.00000181. The van der Waals surface area contributed by atoms with Gasteiger partial charge >= 0.3 is 29.6 Å². The Kier molecular flexibility index (Phi) is 9.18. The summed E-state index contributed by atoms with van der Waals surface area (Å²) in [6.45, 7) is 0. The Hall–Kier alpha value is -2.95. The second-order valence-electron chi connectivity index (χ2n) is 6.30. The molecule has 0 radical (unpaired) electrons. The van der Waals surface area contributed by atoms with Crippen molar-refractivity contribution in [3.8, 4) is 5.75 Å². The summed E-state index contributed by atoms with van der Waals surface area (Å²) >= 11 is 0. The van der Waals surface area contributed by atoms with E-state index in [2.05, 4.69) is 20.5 Å². The fraction of sp³-hybridized carbons (Fsp3) is 0. The normalized spacial score (nSPS) is 11.0. The largest absolute Gasteiger partial charge is 1.00 e. The predicted octanol–water partition coefficient (Wildman–Crippen LogP) is 3.87. The van der Waals surface area contributed by atoms with Gasteiger partial charge in [0.25, 0.3) is 0 Å². The molecule has 4 rings (SSSR count). The van der Waals surface area contributed by atoms with E-state index in [-0.39, 0.29) is 45.7 Å². The molecule has 32 heavy (non-hydrogen) atoms. The maximum absolute atomic E-state index is 10.9. The van der Waals surface area contributed by atoms with Gasteiger partial charge in [-0.1, -0.05) is 47.4 Å². The van der Waals surface area contributed by atoms with Crippen molar-refractivity contribution < 1.29 is 48.6 Å². The molecular formula is C22H16N4NaO4S-. The molecule has 2 N–H and O–H groups in total. The molecule has 0 spiro atoms. The molecule has 8 nitrogen and oxygen atoms in total. The fourth-order valence-corrected chi connectivity index (χ4v) is 3.14. The molecule has 0 bridgehead atoms. The van der Waals surface area contributed by atoms with Crippen LogP contribution in [0.3, 0.4) is 0 Å². The molecule has 10 heteroatoms. The molecule has 0 aliphatic rings. The van der Waals surface area contributed by atoms with Crippen LogP contribution in [-0.4, -0.2) is 10.6 Å². The van der Waals surface area contributed by atoms with Crippen LogP contribution in [0.1, 0.15) is 0 Å². The maximum Gasteiger partial charge on any atom is 1.00 e. The standard InChI is InChI=1S/C22H15N4O3S.Na.H2O/c27-21-14-5-15-3-1-2-4-20(15)22(21)26-25-17-8-6-16(7-9-17)23-24-18-10-12-19(13-11-18)30(28)29;;/h1-14,27H;;1H2/q-1;+1;/p-1. The third-order valence-corrected chi connectivity index (χ3v) is 4.96. The zero-order valence-corrected chi connectivity index (χ0v) is 19.8. The van der Waals surface area contributed by atoms with E-state index in [9.17, 15) is 13.5 Å². The molecule has 4 aromatic rings. The monoisotopic (exact) mass is 455 g/mol. The van der Waals surface area contributed by atoms with E-state index < -0.39 is 10.7 Å². The van der Waals surface area contributed by atoms with Crippen LogP contribution in [-0.2, 0) is 19.1 Å². The number of hydrogen-bond donors (Lipinski definition) is 1. The number of hydrogen-bond acceptors (Lipinski definition) is 9. The van der Waals surface area contributed by atoms with Crippen molar-refractivity contribution in [1.29, 1.82) is 0 Å². The van der Waals surface area contributed by atoms with Crippen molar-refractivity contribution in [3.63, 3.8) is 0 Å². The van der Waals surface area contributed by atoms with E-state index >= 15 is 0 Å². The SMILES string of the molecule is O=[S-](=O)c1ccc(N=Nc2ccc(N=Nc3c(O)ccc4ccccc34)cc2)cc1.[Na+].[OH-]. The van der Waals surface area contributed by atoms with Crippen LogP contribution >= 0.6 is 0 Å². The molecule has 0 heterocycles. The van der Waals surface area contributed by atoms with Gasteiger partial charge in [0.05, 0.1) is 17.1 Å². The Morgan fingerprint density at radius 2 is 1.12 bits per heavy atom. The van der Waals surface area contributed by atoms with Gasteiger partial charge in [-0.05, 0) is 58.6 Å². The van der Waals surface area contributed by atoms with Gasteiger partial charge in [-0.2, -0.15) is 15.3 Å². The van der Waals surface area contributed by atoms with Gasteiger partial charge in [0, 0.05) is 5.39 Å². The molecule has 0 atom stereocenters. The summed E-state index contributed by atoms with van der Waals surface area (Å²) in [5, 5.41) is 28.6. The Bertz CT molecular complexity index is 1330. The van der Waals surface area contributed by atoms with Gasteiger partial charge < -0.3 is 19.0 Å². The van der Waals surface area contributed by atoms with Gasteiger partial charge in [0.2, 0.25) is 0 Å². The first-order valence-electron chi connectivity index (χ1n) is 8.94. The fourth-order valence-electron chi connectivity index (χ4n) is 2.78. The first-order valence-corrected chi connectivity index (χ1v) is 10.0. The molecule has 0 fully saturated rings. The van der Waals surface area contributed by atoms with E-state index in [1.165, 1.54) is 12.1 Å². The molecule has 0 aromatic heterocycles. The smallest absolute Gasteiger partial charge is 0.870 e. The van der Waals surface area contributed by atoms with Crippen molar-refractivity contribution in [1.82, 2.24) is 0 Å². The molecule has 0 saturated heterocycles. The second-order valence-corrected chi connectivity index (χ2v) is 7.24. The summed E-state index contributed by atoms with van der Waals surface area (Å²) in [5.41, 5.74) is 2.17. The third kappa shape index (κ3) is 6.06. The molecule has 0 aliphatic heterocycles. The maximum atomic E-state index is 10.9. The number of phenolic OH excluding ortho intramolecular Hbond substituents is 1. The zero-order chi connectivity index (χ0) is 20.9. The summed E-state index contributed by atoms with van der Waals surface area (Å²) in [5.74, 6) is 0.0645. The number of nitrogens with zero attached hydrogens (tertiary/aromatic N) is 4. The van der Waals surface area contributed by atoms with Crippen LogP contribution in [0.2, 0.25) is 0 Å². The van der Waals surface area contributed by atoms with E-state index in [0.717, 1.165) is 10.8 Å². The Labute approximate surface area is 207 Å². The zero-order valence-electron chi connectivity index (χ0n) is 17.0. The molecule has 4 aromatic carbocycles. The molecule has 156 valence electrons. The van der Waals surface area contributed by atoms with E-state index in [1.807, 2.05) is 30.3 Å². The van der Waals surface area contributed by atoms with Crippen LogP contribution < -0.4 is 29.6 Å². The molecular weight excluding hydrogens is 439 g/mol. The first kappa shape index (κ1) is 25.3. The summed E-state index contributed by atoms with van der Waals surface area (Å²) in [4.78, 5) is 0.195. The Morgan fingerprint density at radius 1 is 0.625 bits per heavy atom. The summed E-state index contributed by atoms with van der Waals surface area (Å²) in [7, 11) is -2.26. The minimum atomic E-state index is -2.26. The van der Waals surface area contributed by atoms with Gasteiger partial charge in [-0.25, -0.2) is 0 Å². The van der Waals surface area contributed by atoms with Crippen LogP contribution in [0.5, 0.6) is 5.75 Å². The van der Waals surface area contributed by atoms with Crippen molar-refractivity contribution in [2.45, 2.75) is 4.90 Å². The van der Waals surface area contributed by atoms with Gasteiger partial charge in [0.15, 0.2) is 0 Å². The quantitative estimate of drug-likeness (QED) is 0.278. The average Bonchev–Trinajstić information content (AvgIpc) is 2.78. The average molecular weight is 455 g/mol. The van der Waals surface area contributed by atoms with E-state index in [4.69, 9.17) is 0 Å². The third-order valence-electron chi connectivity index (χ3n) is 4.30. The number of aromatic hydroxyl groups is 1. The molecule has 0 saturated carbocycles. The number of azo groups is 2. The first-order chi connectivity index (χ1) is 14.6. The molecule has 0 aliphatic carbocycles. The van der Waals surface area contributed by atoms with E-state index in [0.29, 0.717) is 22.7 Å². The minimum absolute atomic E-state index is 0. The topological polar surface area (TPSA) is 134 Å². The molecule has 0 unspecified atom stereocenters. The second kappa shape index (κ2) is 11.6. The number of rotatable bonds is 5. The summed E-state index contributed by atoms with van der Waals surface area (Å²) in [6.07, 6.45) is 0. The van der Waals surface area contributed by atoms with Crippen molar-refractivity contribution in [2.24, 2.45) is 20.5 Å². The number of phenols is 1. The minimum Gasteiger partial charge on any atom is -0.870 e. The summed E-state index contributed by atoms with van der Waals surface area (Å²) < 4.78 is 21.7. The van der Waals surface area contributed by atoms with Crippen molar-refractivity contribution in [3.05, 3.63) is 84.9 Å². The van der Waals surface area contributed by atoms with Gasteiger partial charge in [-0.15, -0.1) is 5.11 Å². The van der Waals surface area contributed by atoms with Crippen molar-refractivity contribution in [2.75, 3.05) is 0 Å². The number of fused-ring (bicyclic) bond motifs is 1. The van der Waals surface area contributed by atoms with Crippen LogP contribution in [0.15, 0.2) is 110 Å². The van der Waals surface area contributed by atoms with Gasteiger partial charge in [-0.3, -0.25) is 0 Å². The van der Waals surface area contributed by atoms with E-state index in [1.54, 1.807) is 42.5 Å². The Morgan fingerprint density at radius 3 is 1.69 bits per heavy atom.